The highest BCUT2D eigenvalue weighted by molar-refractivity contribution is 5.82. The van der Waals surface area contributed by atoms with E-state index in [0.29, 0.717) is 97.1 Å². The number of alkyl carbamates (subject to hydrolysis) is 3. The Labute approximate surface area is 394 Å². The largest absolute Gasteiger partial charge is 0.445 e. The van der Waals surface area contributed by atoms with E-state index in [-0.39, 0.29) is 57.2 Å². The predicted molar refractivity (Wildman–Crippen MR) is 255 cm³/mol. The van der Waals surface area contributed by atoms with Crippen molar-refractivity contribution in [3.63, 3.8) is 0 Å². The average molecular weight is 933 g/mol. The fourth-order valence-corrected chi connectivity index (χ4v) is 6.50. The summed E-state index contributed by atoms with van der Waals surface area (Å²) in [7, 11) is 0. The van der Waals surface area contributed by atoms with Crippen LogP contribution in [0.2, 0.25) is 0 Å². The number of unbranched alkanes of at least 4 members (excludes halogenated alkanes) is 3. The summed E-state index contributed by atoms with van der Waals surface area (Å²) in [5.41, 5.74) is 21.2. The zero-order valence-corrected chi connectivity index (χ0v) is 38.6. The standard InChI is InChI=1S/C48H72N10O9/c49-40(22-10-13-25-55-46(62)65-34-37-16-4-1-5-17-37)43(59)52-28-31-58(32-29-53-44(60)41(50)23-11-14-26-56-47(63)66-35-38-18-6-2-7-19-38)33-30-54-45(61)42(51)24-12-15-27-57-48(64)67-36-39-20-8-3-9-21-39/h1-9,16-21,40-42H,10-15,22-36,49-51H2,(H,52,59)(H,53,60)(H,54,61)(H,55,62)(H,56,63)(H,57,64)/t40-,41-,42-/m0/s1. The van der Waals surface area contributed by atoms with Crippen molar-refractivity contribution in [2.45, 2.75) is 95.7 Å². The van der Waals surface area contributed by atoms with Crippen LogP contribution in [0.1, 0.15) is 74.5 Å². The highest BCUT2D eigenvalue weighted by atomic mass is 16.6. The molecule has 3 aromatic carbocycles. The van der Waals surface area contributed by atoms with Crippen molar-refractivity contribution in [2.75, 3.05) is 58.9 Å². The first-order valence-electron chi connectivity index (χ1n) is 23.2. The Morgan fingerprint density at radius 2 is 0.657 bits per heavy atom. The van der Waals surface area contributed by atoms with Gasteiger partial charge < -0.3 is 63.3 Å². The molecule has 19 nitrogen and oxygen atoms in total. The van der Waals surface area contributed by atoms with Gasteiger partial charge in [0.2, 0.25) is 17.7 Å². The van der Waals surface area contributed by atoms with E-state index >= 15 is 0 Å². The van der Waals surface area contributed by atoms with Crippen molar-refractivity contribution in [3.05, 3.63) is 108 Å². The summed E-state index contributed by atoms with van der Waals surface area (Å²) in [6, 6.07) is 25.9. The molecule has 0 unspecified atom stereocenters. The molecule has 368 valence electrons. The maximum atomic E-state index is 12.8. The lowest BCUT2D eigenvalue weighted by molar-refractivity contribution is -0.123. The zero-order chi connectivity index (χ0) is 48.3. The third-order valence-corrected chi connectivity index (χ3v) is 10.5. The van der Waals surface area contributed by atoms with Crippen molar-refractivity contribution in [1.29, 1.82) is 0 Å². The quantitative estimate of drug-likeness (QED) is 0.0314. The fraction of sp³-hybridized carbons (Fsp3) is 0.500. The minimum Gasteiger partial charge on any atom is -0.445 e. The van der Waals surface area contributed by atoms with Crippen LogP contribution >= 0.6 is 0 Å². The number of nitrogens with one attached hydrogen (secondary N) is 6. The molecule has 0 fully saturated rings. The number of carbonyl (C=O) groups is 6. The highest BCUT2D eigenvalue weighted by Crippen LogP contribution is 2.05. The number of nitrogens with zero attached hydrogens (tertiary/aromatic N) is 1. The molecule has 0 bridgehead atoms. The maximum absolute atomic E-state index is 12.8. The number of hydrogen-bond donors (Lipinski definition) is 9. The lowest BCUT2D eigenvalue weighted by Crippen LogP contribution is -2.48. The van der Waals surface area contributed by atoms with Crippen molar-refractivity contribution >= 4 is 36.0 Å². The number of hydrogen-bond acceptors (Lipinski definition) is 13. The first-order valence-corrected chi connectivity index (χ1v) is 23.2. The lowest BCUT2D eigenvalue weighted by atomic mass is 10.1. The second-order valence-corrected chi connectivity index (χ2v) is 16.0. The Morgan fingerprint density at radius 3 is 0.925 bits per heavy atom. The molecular formula is C48H72N10O9. The van der Waals surface area contributed by atoms with E-state index in [1.54, 1.807) is 0 Å². The number of rotatable bonds is 33. The summed E-state index contributed by atoms with van der Waals surface area (Å²) < 4.78 is 15.6. The van der Waals surface area contributed by atoms with Crippen LogP contribution in [0.25, 0.3) is 0 Å². The van der Waals surface area contributed by atoms with Gasteiger partial charge in [-0.3, -0.25) is 19.3 Å². The number of benzene rings is 3. The number of carbonyl (C=O) groups excluding carboxylic acids is 6. The highest BCUT2D eigenvalue weighted by Gasteiger charge is 2.17. The predicted octanol–water partition coefficient (Wildman–Crippen LogP) is 2.91. The normalized spacial score (nSPS) is 12.2. The minimum absolute atomic E-state index is 0.177. The van der Waals surface area contributed by atoms with E-state index in [9.17, 15) is 28.8 Å². The molecule has 0 saturated carbocycles. The Hall–Kier alpha value is -6.28. The average Bonchev–Trinajstić information content (AvgIpc) is 3.34. The van der Waals surface area contributed by atoms with Gasteiger partial charge in [0, 0.05) is 58.9 Å². The van der Waals surface area contributed by atoms with E-state index in [4.69, 9.17) is 31.4 Å². The van der Waals surface area contributed by atoms with Crippen molar-refractivity contribution in [2.24, 2.45) is 17.2 Å². The molecule has 0 radical (unpaired) electrons. The monoisotopic (exact) mass is 933 g/mol. The van der Waals surface area contributed by atoms with Crippen LogP contribution in [0.15, 0.2) is 91.0 Å². The molecule has 0 aromatic heterocycles. The molecule has 0 aliphatic carbocycles. The van der Waals surface area contributed by atoms with Crippen LogP contribution in [0, 0.1) is 0 Å². The van der Waals surface area contributed by atoms with Crippen LogP contribution in [-0.2, 0) is 48.4 Å². The van der Waals surface area contributed by atoms with Crippen LogP contribution in [0.3, 0.4) is 0 Å². The minimum atomic E-state index is -0.742. The Balaban J connectivity index is 1.34. The molecule has 19 heteroatoms. The van der Waals surface area contributed by atoms with Gasteiger partial charge in [-0.15, -0.1) is 0 Å². The van der Waals surface area contributed by atoms with E-state index in [0.717, 1.165) is 16.7 Å². The molecule has 0 saturated heterocycles. The Morgan fingerprint density at radius 1 is 0.388 bits per heavy atom. The van der Waals surface area contributed by atoms with E-state index in [2.05, 4.69) is 31.9 Å². The van der Waals surface area contributed by atoms with Gasteiger partial charge in [0.15, 0.2) is 0 Å². The molecule has 67 heavy (non-hydrogen) atoms. The number of ether oxygens (including phenoxy) is 3. The second-order valence-electron chi connectivity index (χ2n) is 16.0. The smallest absolute Gasteiger partial charge is 0.407 e. The molecule has 0 heterocycles. The Kier molecular flexibility index (Phi) is 28.0. The molecule has 3 rings (SSSR count). The number of nitrogens with two attached hydrogens (primary N) is 3. The van der Waals surface area contributed by atoms with Crippen molar-refractivity contribution in [3.8, 4) is 0 Å². The van der Waals surface area contributed by atoms with Gasteiger partial charge in [-0.1, -0.05) is 91.0 Å². The molecule has 0 spiro atoms. The third-order valence-electron chi connectivity index (χ3n) is 10.5. The summed E-state index contributed by atoms with van der Waals surface area (Å²) in [6.07, 6.45) is 3.42. The number of amides is 6. The maximum Gasteiger partial charge on any atom is 0.407 e. The summed E-state index contributed by atoms with van der Waals surface area (Å²) >= 11 is 0. The van der Waals surface area contributed by atoms with Gasteiger partial charge in [0.25, 0.3) is 0 Å². The van der Waals surface area contributed by atoms with Gasteiger partial charge in [-0.2, -0.15) is 0 Å². The first-order chi connectivity index (χ1) is 32.5. The van der Waals surface area contributed by atoms with Gasteiger partial charge in [-0.05, 0) is 74.5 Å². The van der Waals surface area contributed by atoms with Gasteiger partial charge >= 0.3 is 18.3 Å². The van der Waals surface area contributed by atoms with Crippen LogP contribution in [-0.4, -0.2) is 118 Å². The molecule has 3 aromatic rings. The summed E-state index contributed by atoms with van der Waals surface area (Å²) in [5, 5.41) is 16.7. The van der Waals surface area contributed by atoms with Crippen molar-refractivity contribution < 1.29 is 43.0 Å². The molecule has 12 N–H and O–H groups in total. The second kappa shape index (κ2) is 34.1. The molecule has 0 aliphatic heterocycles. The molecular weight excluding hydrogens is 861 g/mol. The van der Waals surface area contributed by atoms with Crippen molar-refractivity contribution in [1.82, 2.24) is 36.8 Å². The molecule has 0 aliphatic rings. The topological polar surface area (TPSA) is 284 Å². The van der Waals surface area contributed by atoms with Gasteiger partial charge in [-0.25, -0.2) is 14.4 Å². The van der Waals surface area contributed by atoms with E-state index in [1.807, 2.05) is 95.9 Å². The van der Waals surface area contributed by atoms with Crippen LogP contribution in [0.4, 0.5) is 14.4 Å². The summed E-state index contributed by atoms with van der Waals surface area (Å²) in [4.78, 5) is 76.4. The first kappa shape index (κ1) is 55.1. The zero-order valence-electron chi connectivity index (χ0n) is 38.6. The van der Waals surface area contributed by atoms with Gasteiger partial charge in [0.1, 0.15) is 19.8 Å². The summed E-state index contributed by atoms with van der Waals surface area (Å²) in [6.45, 7) is 3.70. The SMILES string of the molecule is N[C@@H](CCCCNC(=O)OCc1ccccc1)C(=O)NCCN(CCNC(=O)[C@@H](N)CCCCNC(=O)OCc1ccccc1)CCNC(=O)[C@@H](N)CCCCNC(=O)OCc1ccccc1. The van der Waals surface area contributed by atoms with Crippen LogP contribution < -0.4 is 49.1 Å². The fourth-order valence-electron chi connectivity index (χ4n) is 6.50. The van der Waals surface area contributed by atoms with Gasteiger partial charge in [0.05, 0.1) is 18.1 Å². The Bertz CT molecular complexity index is 1650. The lowest BCUT2D eigenvalue weighted by Gasteiger charge is -2.24. The molecule has 3 atom stereocenters. The summed E-state index contributed by atoms with van der Waals surface area (Å²) in [5.74, 6) is -0.938. The third kappa shape index (κ3) is 26.5. The van der Waals surface area contributed by atoms with E-state index < -0.39 is 36.4 Å². The van der Waals surface area contributed by atoms with Crippen LogP contribution in [0.5, 0.6) is 0 Å². The van der Waals surface area contributed by atoms with E-state index in [1.165, 1.54) is 0 Å². The molecule has 6 amide bonds.